The zero-order chi connectivity index (χ0) is 19.7. The van der Waals surface area contributed by atoms with E-state index < -0.39 is 0 Å². The molecule has 0 unspecified atom stereocenters. The number of carbonyl (C=O) groups is 1. The average molecular weight is 384 g/mol. The Kier molecular flexibility index (Phi) is 4.99. The number of amides is 1. The highest BCUT2D eigenvalue weighted by molar-refractivity contribution is 5.83. The van der Waals surface area contributed by atoms with Crippen LogP contribution in [0.4, 0.5) is 6.01 Å². The van der Waals surface area contributed by atoms with Gasteiger partial charge in [-0.25, -0.2) is 0 Å². The molecular weight excluding hydrogens is 360 g/mol. The zero-order valence-electron chi connectivity index (χ0n) is 16.3. The number of methoxy groups -OCH3 is 1. The van der Waals surface area contributed by atoms with Crippen LogP contribution >= 0.6 is 0 Å². The van der Waals surface area contributed by atoms with Gasteiger partial charge in [0.05, 0.1) is 11.7 Å². The lowest BCUT2D eigenvalue weighted by atomic mass is 10.1. The molecular formula is C19H24N6O3. The van der Waals surface area contributed by atoms with Crippen molar-refractivity contribution in [2.24, 2.45) is 0 Å². The molecule has 1 saturated heterocycles. The van der Waals surface area contributed by atoms with E-state index in [2.05, 4.69) is 29.1 Å². The highest BCUT2D eigenvalue weighted by Gasteiger charge is 2.24. The van der Waals surface area contributed by atoms with E-state index in [9.17, 15) is 4.79 Å². The maximum absolute atomic E-state index is 11.9. The van der Waals surface area contributed by atoms with Crippen molar-refractivity contribution in [2.75, 3.05) is 44.8 Å². The standard InChI is InChI=1S/C19H24N6O3/c1-13(2)25-16-10-14(4-5-15(16)11-20-25)18-21-19(28-22-18)24-8-6-23(7-9-24)17(26)12-27-3/h4-5,10-11,13H,6-9,12H2,1-3H3. The largest absolute Gasteiger partial charge is 0.375 e. The van der Waals surface area contributed by atoms with Crippen LogP contribution in [0.15, 0.2) is 28.9 Å². The van der Waals surface area contributed by atoms with Gasteiger partial charge in [0, 0.05) is 50.3 Å². The van der Waals surface area contributed by atoms with E-state index in [1.807, 2.05) is 34.0 Å². The molecule has 9 heteroatoms. The van der Waals surface area contributed by atoms with E-state index in [1.54, 1.807) is 4.90 Å². The molecule has 1 fully saturated rings. The molecule has 1 aromatic carbocycles. The lowest BCUT2D eigenvalue weighted by Crippen LogP contribution is -2.49. The summed E-state index contributed by atoms with van der Waals surface area (Å²) in [6, 6.07) is 6.78. The second-order valence-electron chi connectivity index (χ2n) is 7.16. The molecule has 0 atom stereocenters. The zero-order valence-corrected chi connectivity index (χ0v) is 16.3. The predicted molar refractivity (Wildman–Crippen MR) is 104 cm³/mol. The van der Waals surface area contributed by atoms with Gasteiger partial charge in [0.25, 0.3) is 0 Å². The molecule has 0 radical (unpaired) electrons. The monoisotopic (exact) mass is 384 g/mol. The Morgan fingerprint density at radius 2 is 2.04 bits per heavy atom. The summed E-state index contributed by atoms with van der Waals surface area (Å²) < 4.78 is 12.4. The van der Waals surface area contributed by atoms with Gasteiger partial charge in [-0.1, -0.05) is 17.3 Å². The Morgan fingerprint density at radius 1 is 1.25 bits per heavy atom. The molecule has 0 aliphatic carbocycles. The van der Waals surface area contributed by atoms with Gasteiger partial charge in [0.15, 0.2) is 0 Å². The molecule has 3 heterocycles. The molecule has 3 aromatic rings. The van der Waals surface area contributed by atoms with E-state index in [0.717, 1.165) is 16.5 Å². The summed E-state index contributed by atoms with van der Waals surface area (Å²) in [4.78, 5) is 20.3. The smallest absolute Gasteiger partial charge is 0.324 e. The molecule has 0 bridgehead atoms. The first-order valence-corrected chi connectivity index (χ1v) is 9.40. The fourth-order valence-corrected chi connectivity index (χ4v) is 3.41. The number of piperazine rings is 1. The Hall–Kier alpha value is -2.94. The lowest BCUT2D eigenvalue weighted by molar-refractivity contribution is -0.135. The molecule has 28 heavy (non-hydrogen) atoms. The molecule has 148 valence electrons. The number of carbonyl (C=O) groups excluding carboxylic acids is 1. The SMILES string of the molecule is COCC(=O)N1CCN(c2nc(-c3ccc4cnn(C(C)C)c4c3)no2)CC1. The maximum Gasteiger partial charge on any atom is 0.324 e. The summed E-state index contributed by atoms with van der Waals surface area (Å²) in [7, 11) is 1.53. The molecule has 0 saturated carbocycles. The number of nitrogens with zero attached hydrogens (tertiary/aromatic N) is 6. The minimum absolute atomic E-state index is 0.00318. The first-order valence-electron chi connectivity index (χ1n) is 9.40. The highest BCUT2D eigenvalue weighted by atomic mass is 16.5. The van der Waals surface area contributed by atoms with Gasteiger partial charge >= 0.3 is 6.01 Å². The predicted octanol–water partition coefficient (Wildman–Crippen LogP) is 1.96. The highest BCUT2D eigenvalue weighted by Crippen LogP contribution is 2.26. The Morgan fingerprint density at radius 3 is 2.75 bits per heavy atom. The summed E-state index contributed by atoms with van der Waals surface area (Å²) in [5, 5.41) is 9.68. The van der Waals surface area contributed by atoms with Gasteiger partial charge in [-0.05, 0) is 19.9 Å². The number of ether oxygens (including phenoxy) is 1. The third-order valence-electron chi connectivity index (χ3n) is 4.93. The van der Waals surface area contributed by atoms with Gasteiger partial charge in [-0.15, -0.1) is 0 Å². The number of hydrogen-bond acceptors (Lipinski definition) is 7. The number of anilines is 1. The van der Waals surface area contributed by atoms with Crippen LogP contribution in [-0.2, 0) is 9.53 Å². The van der Waals surface area contributed by atoms with Crippen molar-refractivity contribution >= 4 is 22.8 Å². The Labute approximate surface area is 162 Å². The summed E-state index contributed by atoms with van der Waals surface area (Å²) >= 11 is 0. The van der Waals surface area contributed by atoms with Crippen molar-refractivity contribution in [3.8, 4) is 11.4 Å². The summed E-state index contributed by atoms with van der Waals surface area (Å²) in [5.41, 5.74) is 1.93. The van der Waals surface area contributed by atoms with E-state index in [1.165, 1.54) is 7.11 Å². The number of benzene rings is 1. The number of rotatable bonds is 5. The van der Waals surface area contributed by atoms with Crippen molar-refractivity contribution in [2.45, 2.75) is 19.9 Å². The van der Waals surface area contributed by atoms with Gasteiger partial charge in [-0.2, -0.15) is 10.1 Å². The Balaban J connectivity index is 1.50. The maximum atomic E-state index is 11.9. The molecule has 9 nitrogen and oxygen atoms in total. The minimum Gasteiger partial charge on any atom is -0.375 e. The summed E-state index contributed by atoms with van der Waals surface area (Å²) in [6.45, 7) is 6.83. The van der Waals surface area contributed by atoms with Gasteiger partial charge in [-0.3, -0.25) is 9.48 Å². The lowest BCUT2D eigenvalue weighted by Gasteiger charge is -2.33. The van der Waals surface area contributed by atoms with Crippen LogP contribution in [0, 0.1) is 0 Å². The van der Waals surface area contributed by atoms with Gasteiger partial charge in [0.2, 0.25) is 11.7 Å². The van der Waals surface area contributed by atoms with Gasteiger partial charge < -0.3 is 19.1 Å². The first-order chi connectivity index (χ1) is 13.6. The average Bonchev–Trinajstić information content (AvgIpc) is 3.35. The van der Waals surface area contributed by atoms with Crippen molar-refractivity contribution in [3.05, 3.63) is 24.4 Å². The van der Waals surface area contributed by atoms with Gasteiger partial charge in [0.1, 0.15) is 6.61 Å². The van der Waals surface area contributed by atoms with Crippen LogP contribution < -0.4 is 4.90 Å². The number of hydrogen-bond donors (Lipinski definition) is 0. The third-order valence-corrected chi connectivity index (χ3v) is 4.93. The van der Waals surface area contributed by atoms with Crippen LogP contribution in [0.25, 0.3) is 22.3 Å². The van der Waals surface area contributed by atoms with E-state index in [0.29, 0.717) is 38.0 Å². The Bertz CT molecular complexity index is 971. The molecule has 0 spiro atoms. The van der Waals surface area contributed by atoms with Crippen molar-refractivity contribution in [1.82, 2.24) is 24.8 Å². The minimum atomic E-state index is 0.00318. The van der Waals surface area contributed by atoms with Crippen LogP contribution in [0.1, 0.15) is 19.9 Å². The topological polar surface area (TPSA) is 89.5 Å². The van der Waals surface area contributed by atoms with E-state index in [4.69, 9.17) is 9.26 Å². The van der Waals surface area contributed by atoms with Crippen LogP contribution in [0.2, 0.25) is 0 Å². The van der Waals surface area contributed by atoms with Crippen molar-refractivity contribution in [3.63, 3.8) is 0 Å². The molecule has 2 aromatic heterocycles. The molecule has 0 N–H and O–H groups in total. The second-order valence-corrected chi connectivity index (χ2v) is 7.16. The molecule has 1 amide bonds. The second kappa shape index (κ2) is 7.59. The van der Waals surface area contributed by atoms with Crippen LogP contribution in [0.5, 0.6) is 0 Å². The summed E-state index contributed by atoms with van der Waals surface area (Å²) in [6.07, 6.45) is 1.87. The van der Waals surface area contributed by atoms with Crippen LogP contribution in [0.3, 0.4) is 0 Å². The summed E-state index contributed by atoms with van der Waals surface area (Å²) in [5.74, 6) is 0.551. The fourth-order valence-electron chi connectivity index (χ4n) is 3.41. The molecule has 4 rings (SSSR count). The number of aromatic nitrogens is 4. The third kappa shape index (κ3) is 3.45. The van der Waals surface area contributed by atoms with E-state index in [-0.39, 0.29) is 18.6 Å². The number of fused-ring (bicyclic) bond motifs is 1. The quantitative estimate of drug-likeness (QED) is 0.664. The molecule has 1 aliphatic heterocycles. The van der Waals surface area contributed by atoms with Crippen molar-refractivity contribution < 1.29 is 14.1 Å². The van der Waals surface area contributed by atoms with E-state index >= 15 is 0 Å². The van der Waals surface area contributed by atoms with Crippen LogP contribution in [-0.4, -0.2) is 70.6 Å². The first kappa shape index (κ1) is 18.4. The fraction of sp³-hybridized carbons (Fsp3) is 0.474. The van der Waals surface area contributed by atoms with Crippen molar-refractivity contribution in [1.29, 1.82) is 0 Å². The normalized spacial score (nSPS) is 15.0. The molecule has 1 aliphatic rings.